The van der Waals surface area contributed by atoms with Crippen molar-refractivity contribution in [2.24, 2.45) is 5.92 Å². The summed E-state index contributed by atoms with van der Waals surface area (Å²) in [5.74, 6) is -1.67. The average Bonchev–Trinajstić information content (AvgIpc) is 3.09. The summed E-state index contributed by atoms with van der Waals surface area (Å²) < 4.78 is 0. The van der Waals surface area contributed by atoms with Gasteiger partial charge in [-0.3, -0.25) is 9.59 Å². The summed E-state index contributed by atoms with van der Waals surface area (Å²) in [6.07, 6.45) is 1.63. The number of carbonyl (C=O) groups is 3. The molecule has 3 heterocycles. The minimum absolute atomic E-state index is 0.0246. The summed E-state index contributed by atoms with van der Waals surface area (Å²) in [5, 5.41) is 13.9. The molecular weight excluding hydrogens is 316 g/mol. The third-order valence-electron chi connectivity index (χ3n) is 4.64. The Balaban J connectivity index is 1.85. The van der Waals surface area contributed by atoms with Crippen LogP contribution in [0, 0.1) is 5.92 Å². The van der Waals surface area contributed by atoms with Gasteiger partial charge in [0.15, 0.2) is 0 Å². The molecular formula is C16H20N2O4S. The summed E-state index contributed by atoms with van der Waals surface area (Å²) in [7, 11) is 0. The van der Waals surface area contributed by atoms with Crippen molar-refractivity contribution in [3.8, 4) is 0 Å². The molecule has 0 bridgehead atoms. The van der Waals surface area contributed by atoms with Crippen molar-refractivity contribution in [1.82, 2.24) is 10.2 Å². The fourth-order valence-electron chi connectivity index (χ4n) is 3.47. The van der Waals surface area contributed by atoms with Gasteiger partial charge in [0.1, 0.15) is 12.1 Å². The molecule has 0 aliphatic carbocycles. The Kier molecular flexibility index (Phi) is 4.14. The number of nitrogens with one attached hydrogen (secondary N) is 1. The van der Waals surface area contributed by atoms with Gasteiger partial charge in [-0.2, -0.15) is 0 Å². The Hall–Kier alpha value is -1.89. The smallest absolute Gasteiger partial charge is 0.326 e. The summed E-state index contributed by atoms with van der Waals surface area (Å²) in [6.45, 7) is 3.50. The van der Waals surface area contributed by atoms with Crippen LogP contribution in [0.15, 0.2) is 11.4 Å². The highest BCUT2D eigenvalue weighted by Crippen LogP contribution is 2.43. The van der Waals surface area contributed by atoms with Crippen LogP contribution in [-0.4, -0.2) is 39.9 Å². The molecule has 0 unspecified atom stereocenters. The first-order chi connectivity index (χ1) is 10.9. The average molecular weight is 336 g/mol. The number of rotatable bonds is 4. The lowest BCUT2D eigenvalue weighted by Crippen LogP contribution is -2.55. The minimum atomic E-state index is -1.05. The molecule has 1 aromatic rings. The number of carbonyl (C=O) groups excluding carboxylic acids is 2. The molecule has 1 fully saturated rings. The van der Waals surface area contributed by atoms with Crippen LogP contribution < -0.4 is 5.32 Å². The Labute approximate surface area is 138 Å². The molecule has 23 heavy (non-hydrogen) atoms. The van der Waals surface area contributed by atoms with E-state index in [9.17, 15) is 19.5 Å². The van der Waals surface area contributed by atoms with Gasteiger partial charge in [-0.15, -0.1) is 11.3 Å². The van der Waals surface area contributed by atoms with E-state index >= 15 is 0 Å². The molecule has 1 aromatic heterocycles. The van der Waals surface area contributed by atoms with Crippen LogP contribution in [0.4, 0.5) is 0 Å². The maximum absolute atomic E-state index is 12.7. The highest BCUT2D eigenvalue weighted by Gasteiger charge is 2.45. The Bertz CT molecular complexity index is 654. The van der Waals surface area contributed by atoms with Crippen LogP contribution in [-0.2, 0) is 20.8 Å². The van der Waals surface area contributed by atoms with Crippen molar-refractivity contribution in [3.05, 3.63) is 21.9 Å². The fraction of sp³-hybridized carbons (Fsp3) is 0.562. The van der Waals surface area contributed by atoms with Gasteiger partial charge < -0.3 is 15.3 Å². The second kappa shape index (κ2) is 5.96. The number of carboxylic acids is 1. The molecule has 2 aliphatic rings. The highest BCUT2D eigenvalue weighted by atomic mass is 32.1. The Morgan fingerprint density at radius 2 is 2.17 bits per heavy atom. The highest BCUT2D eigenvalue weighted by molar-refractivity contribution is 7.10. The molecule has 2 amide bonds. The molecule has 2 aliphatic heterocycles. The molecule has 124 valence electrons. The van der Waals surface area contributed by atoms with Crippen LogP contribution in [0.1, 0.15) is 43.2 Å². The minimum Gasteiger partial charge on any atom is -0.480 e. The molecule has 0 radical (unpaired) electrons. The number of carboxylic acid groups (broad SMARTS) is 1. The fourth-order valence-corrected chi connectivity index (χ4v) is 4.44. The number of hydrogen-bond acceptors (Lipinski definition) is 4. The van der Waals surface area contributed by atoms with E-state index in [2.05, 4.69) is 5.32 Å². The van der Waals surface area contributed by atoms with Crippen LogP contribution in [0.5, 0.6) is 0 Å². The molecule has 0 spiro atoms. The molecule has 0 saturated carbocycles. The van der Waals surface area contributed by atoms with Crippen molar-refractivity contribution < 1.29 is 19.5 Å². The number of nitrogens with zero attached hydrogens (tertiary/aromatic N) is 1. The number of amides is 2. The van der Waals surface area contributed by atoms with Gasteiger partial charge in [0, 0.05) is 17.7 Å². The van der Waals surface area contributed by atoms with Crippen LogP contribution in [0.25, 0.3) is 0 Å². The zero-order chi connectivity index (χ0) is 16.7. The first kappa shape index (κ1) is 16.0. The van der Waals surface area contributed by atoms with Crippen molar-refractivity contribution in [2.75, 3.05) is 0 Å². The van der Waals surface area contributed by atoms with Gasteiger partial charge in [-0.05, 0) is 29.3 Å². The van der Waals surface area contributed by atoms with E-state index < -0.39 is 18.1 Å². The van der Waals surface area contributed by atoms with E-state index in [0.29, 0.717) is 12.8 Å². The topological polar surface area (TPSA) is 86.7 Å². The van der Waals surface area contributed by atoms with E-state index in [1.807, 2.05) is 11.4 Å². The van der Waals surface area contributed by atoms with E-state index in [-0.39, 0.29) is 23.8 Å². The lowest BCUT2D eigenvalue weighted by atomic mass is 9.94. The van der Waals surface area contributed by atoms with Crippen LogP contribution in [0.2, 0.25) is 0 Å². The lowest BCUT2D eigenvalue weighted by molar-refractivity contribution is -0.145. The first-order valence-electron chi connectivity index (χ1n) is 7.80. The number of thiophene rings is 1. The van der Waals surface area contributed by atoms with E-state index in [4.69, 9.17) is 0 Å². The molecule has 3 atom stereocenters. The summed E-state index contributed by atoms with van der Waals surface area (Å²) >= 11 is 1.59. The van der Waals surface area contributed by atoms with Crippen LogP contribution in [0.3, 0.4) is 0 Å². The standard InChI is InChI=1S/C16H20N2O4S/c1-8(2)14(16(21)22)17-15(20)11-7-12-9(5-6-23-12)10-3-4-13(19)18(10)11/h5-6,8,10-11,14H,3-4,7H2,1-2H3,(H,17,20)(H,21,22)/t10-,11+,14+/m1/s1. The Morgan fingerprint density at radius 3 is 2.83 bits per heavy atom. The van der Waals surface area contributed by atoms with E-state index in [1.54, 1.807) is 30.1 Å². The SMILES string of the molecule is CC(C)[C@H](NC(=O)[C@@H]1Cc2sccc2[C@H]2CCC(=O)N21)C(=O)O. The van der Waals surface area contributed by atoms with Crippen molar-refractivity contribution in [3.63, 3.8) is 0 Å². The second-order valence-electron chi connectivity index (χ2n) is 6.44. The summed E-state index contributed by atoms with van der Waals surface area (Å²) in [4.78, 5) is 39.0. The van der Waals surface area contributed by atoms with Gasteiger partial charge in [0.2, 0.25) is 11.8 Å². The van der Waals surface area contributed by atoms with Gasteiger partial charge in [0.25, 0.3) is 0 Å². The largest absolute Gasteiger partial charge is 0.480 e. The van der Waals surface area contributed by atoms with Crippen molar-refractivity contribution in [1.29, 1.82) is 0 Å². The van der Waals surface area contributed by atoms with Crippen molar-refractivity contribution >= 4 is 29.1 Å². The van der Waals surface area contributed by atoms with Gasteiger partial charge in [-0.25, -0.2) is 4.79 Å². The quantitative estimate of drug-likeness (QED) is 0.874. The predicted octanol–water partition coefficient (Wildman–Crippen LogP) is 1.56. The molecule has 7 heteroatoms. The first-order valence-corrected chi connectivity index (χ1v) is 8.68. The molecule has 0 aromatic carbocycles. The molecule has 3 rings (SSSR count). The maximum atomic E-state index is 12.7. The lowest BCUT2D eigenvalue weighted by Gasteiger charge is -2.37. The third kappa shape index (κ3) is 2.73. The second-order valence-corrected chi connectivity index (χ2v) is 7.44. The monoisotopic (exact) mass is 336 g/mol. The zero-order valence-corrected chi connectivity index (χ0v) is 13.9. The maximum Gasteiger partial charge on any atom is 0.326 e. The number of aliphatic carboxylic acids is 1. The molecule has 6 nitrogen and oxygen atoms in total. The molecule has 1 saturated heterocycles. The Morgan fingerprint density at radius 1 is 1.43 bits per heavy atom. The number of hydrogen-bond donors (Lipinski definition) is 2. The molecule has 2 N–H and O–H groups in total. The summed E-state index contributed by atoms with van der Waals surface area (Å²) in [5.41, 5.74) is 1.14. The third-order valence-corrected chi connectivity index (χ3v) is 5.60. The van der Waals surface area contributed by atoms with Gasteiger partial charge in [-0.1, -0.05) is 13.8 Å². The van der Waals surface area contributed by atoms with Crippen LogP contribution >= 0.6 is 11.3 Å². The van der Waals surface area contributed by atoms with Crippen molar-refractivity contribution in [2.45, 2.75) is 51.2 Å². The number of fused-ring (bicyclic) bond motifs is 3. The van der Waals surface area contributed by atoms with E-state index in [0.717, 1.165) is 16.9 Å². The zero-order valence-electron chi connectivity index (χ0n) is 13.1. The normalized spacial score (nSPS) is 24.3. The van der Waals surface area contributed by atoms with E-state index in [1.165, 1.54) is 0 Å². The predicted molar refractivity (Wildman–Crippen MR) is 85.0 cm³/mol. The van der Waals surface area contributed by atoms with Gasteiger partial charge in [0.05, 0.1) is 6.04 Å². The summed E-state index contributed by atoms with van der Waals surface area (Å²) in [6, 6.07) is 0.430. The van der Waals surface area contributed by atoms with Gasteiger partial charge >= 0.3 is 5.97 Å².